The van der Waals surface area contributed by atoms with Gasteiger partial charge in [0.15, 0.2) is 0 Å². The molecule has 0 aliphatic carbocycles. The summed E-state index contributed by atoms with van der Waals surface area (Å²) in [5, 5.41) is 3.41. The summed E-state index contributed by atoms with van der Waals surface area (Å²) in [5.41, 5.74) is 5.77. The third kappa shape index (κ3) is 3.19. The van der Waals surface area contributed by atoms with Gasteiger partial charge in [0.2, 0.25) is 0 Å². The molecule has 2 aromatic carbocycles. The second-order valence-corrected chi connectivity index (χ2v) is 8.45. The Morgan fingerprint density at radius 3 is 2.59 bits per heavy atom. The number of imidazole rings is 2. The van der Waals surface area contributed by atoms with E-state index >= 15 is 0 Å². The Kier molecular flexibility index (Phi) is 5.21. The van der Waals surface area contributed by atoms with Crippen molar-refractivity contribution in [3.05, 3.63) is 64.6 Å². The average molecular weight is 434 g/mol. The molecule has 166 valence electrons. The summed E-state index contributed by atoms with van der Waals surface area (Å²) in [5.74, 6) is -0.282. The van der Waals surface area contributed by atoms with E-state index in [9.17, 15) is 9.18 Å². The summed E-state index contributed by atoms with van der Waals surface area (Å²) in [7, 11) is 0. The monoisotopic (exact) mass is 433 g/mol. The first kappa shape index (κ1) is 20.7. The quantitative estimate of drug-likeness (QED) is 0.509. The standard InChI is InChI=1S/C25H28FN5O/c1-4-29-21-9-7-17(13-22(21)30(5-2)25(29)32)24-23(19-12-16(3)6-8-20(19)26)28-15-31(24)18-10-11-27-14-18/h6-9,12-13,15,18,27H,4-5,10-11,14H2,1-3H3/t18-/m1/s1. The predicted molar refractivity (Wildman–Crippen MR) is 125 cm³/mol. The van der Waals surface area contributed by atoms with Crippen molar-refractivity contribution in [1.82, 2.24) is 24.0 Å². The summed E-state index contributed by atoms with van der Waals surface area (Å²) in [6.07, 6.45) is 2.83. The number of hydrogen-bond donors (Lipinski definition) is 1. The van der Waals surface area contributed by atoms with Crippen LogP contribution in [0.5, 0.6) is 0 Å². The highest BCUT2D eigenvalue weighted by Gasteiger charge is 2.25. The topological polar surface area (TPSA) is 56.8 Å². The van der Waals surface area contributed by atoms with Crippen molar-refractivity contribution in [2.75, 3.05) is 13.1 Å². The molecule has 2 aromatic heterocycles. The number of halogens is 1. The SMILES string of the molecule is CCn1c(=O)n(CC)c2cc(-c3c(-c4cc(C)ccc4F)ncn3[C@@H]3CCNC3)ccc21. The van der Waals surface area contributed by atoms with E-state index in [1.807, 2.05) is 45.3 Å². The van der Waals surface area contributed by atoms with E-state index in [0.29, 0.717) is 24.3 Å². The molecule has 6 nitrogen and oxygen atoms in total. The van der Waals surface area contributed by atoms with Crippen LogP contribution in [0.3, 0.4) is 0 Å². The maximum Gasteiger partial charge on any atom is 0.329 e. The Balaban J connectivity index is 1.78. The lowest BCUT2D eigenvalue weighted by molar-refractivity contribution is 0.551. The predicted octanol–water partition coefficient (Wildman–Crippen LogP) is 4.36. The van der Waals surface area contributed by atoms with Crippen LogP contribution in [-0.2, 0) is 13.1 Å². The van der Waals surface area contributed by atoms with Crippen LogP contribution < -0.4 is 11.0 Å². The molecular weight excluding hydrogens is 405 g/mol. The van der Waals surface area contributed by atoms with Gasteiger partial charge < -0.3 is 9.88 Å². The number of benzene rings is 2. The lowest BCUT2D eigenvalue weighted by Crippen LogP contribution is -2.23. The molecule has 1 atom stereocenters. The number of fused-ring (bicyclic) bond motifs is 1. The minimum atomic E-state index is -0.282. The van der Waals surface area contributed by atoms with Gasteiger partial charge in [0, 0.05) is 36.8 Å². The maximum atomic E-state index is 14.9. The van der Waals surface area contributed by atoms with Crippen molar-refractivity contribution in [1.29, 1.82) is 0 Å². The Labute approximate surface area is 186 Å². The molecule has 3 heterocycles. The molecule has 1 fully saturated rings. The molecule has 5 rings (SSSR count). The first-order valence-electron chi connectivity index (χ1n) is 11.3. The van der Waals surface area contributed by atoms with Crippen LogP contribution in [0.25, 0.3) is 33.5 Å². The van der Waals surface area contributed by atoms with Crippen LogP contribution in [0.15, 0.2) is 47.5 Å². The molecule has 0 spiro atoms. The number of nitrogens with one attached hydrogen (secondary N) is 1. The Morgan fingerprint density at radius 2 is 1.88 bits per heavy atom. The molecule has 1 N–H and O–H groups in total. The number of hydrogen-bond acceptors (Lipinski definition) is 3. The molecule has 0 saturated carbocycles. The Morgan fingerprint density at radius 1 is 1.09 bits per heavy atom. The van der Waals surface area contributed by atoms with Crippen LogP contribution in [0, 0.1) is 12.7 Å². The largest absolute Gasteiger partial charge is 0.329 e. The molecule has 1 aliphatic heterocycles. The van der Waals surface area contributed by atoms with Gasteiger partial charge in [-0.1, -0.05) is 17.7 Å². The third-order valence-electron chi connectivity index (χ3n) is 6.52. The molecule has 0 amide bonds. The van der Waals surface area contributed by atoms with Gasteiger partial charge in [-0.3, -0.25) is 9.13 Å². The van der Waals surface area contributed by atoms with Crippen LogP contribution in [0.4, 0.5) is 4.39 Å². The fraction of sp³-hybridized carbons (Fsp3) is 0.360. The van der Waals surface area contributed by atoms with Crippen LogP contribution >= 0.6 is 0 Å². The average Bonchev–Trinajstić information content (AvgIpc) is 3.51. The fourth-order valence-electron chi connectivity index (χ4n) is 4.90. The minimum absolute atomic E-state index is 0.000558. The summed E-state index contributed by atoms with van der Waals surface area (Å²) in [4.78, 5) is 17.5. The number of rotatable bonds is 5. The summed E-state index contributed by atoms with van der Waals surface area (Å²) >= 11 is 0. The number of aromatic nitrogens is 4. The van der Waals surface area contributed by atoms with Crippen molar-refractivity contribution in [2.24, 2.45) is 0 Å². The maximum absolute atomic E-state index is 14.9. The molecule has 1 aliphatic rings. The van der Waals surface area contributed by atoms with Crippen LogP contribution in [0.2, 0.25) is 0 Å². The normalized spacial score (nSPS) is 16.3. The summed E-state index contributed by atoms with van der Waals surface area (Å²) in [6, 6.07) is 11.5. The second-order valence-electron chi connectivity index (χ2n) is 8.45. The van der Waals surface area contributed by atoms with Gasteiger partial charge in [-0.15, -0.1) is 0 Å². The highest BCUT2D eigenvalue weighted by Crippen LogP contribution is 2.37. The van der Waals surface area contributed by atoms with Gasteiger partial charge in [0.05, 0.1) is 28.7 Å². The molecule has 4 aromatic rings. The van der Waals surface area contributed by atoms with Gasteiger partial charge in [0.1, 0.15) is 5.82 Å². The van der Waals surface area contributed by atoms with Crippen LogP contribution in [-0.4, -0.2) is 31.8 Å². The molecule has 7 heteroatoms. The van der Waals surface area contributed by atoms with E-state index in [-0.39, 0.29) is 17.5 Å². The molecule has 32 heavy (non-hydrogen) atoms. The second kappa shape index (κ2) is 8.06. The third-order valence-corrected chi connectivity index (χ3v) is 6.52. The van der Waals surface area contributed by atoms with E-state index < -0.39 is 0 Å². The van der Waals surface area contributed by atoms with Gasteiger partial charge in [-0.25, -0.2) is 14.2 Å². The van der Waals surface area contributed by atoms with Crippen molar-refractivity contribution in [3.8, 4) is 22.5 Å². The Bertz CT molecular complexity index is 1360. The smallest absolute Gasteiger partial charge is 0.326 e. The lowest BCUT2D eigenvalue weighted by Gasteiger charge is -2.17. The van der Waals surface area contributed by atoms with Gasteiger partial charge >= 0.3 is 5.69 Å². The lowest BCUT2D eigenvalue weighted by atomic mass is 10.0. The van der Waals surface area contributed by atoms with E-state index in [1.54, 1.807) is 15.2 Å². The van der Waals surface area contributed by atoms with E-state index in [0.717, 1.165) is 47.4 Å². The zero-order valence-corrected chi connectivity index (χ0v) is 18.7. The Hall–Kier alpha value is -3.19. The first-order chi connectivity index (χ1) is 15.5. The van der Waals surface area contributed by atoms with Crippen molar-refractivity contribution in [2.45, 2.75) is 46.3 Å². The van der Waals surface area contributed by atoms with E-state index in [4.69, 9.17) is 4.98 Å². The zero-order valence-electron chi connectivity index (χ0n) is 18.7. The van der Waals surface area contributed by atoms with Gasteiger partial charge in [-0.05, 0) is 58.0 Å². The summed E-state index contributed by atoms with van der Waals surface area (Å²) in [6.45, 7) is 8.94. The van der Waals surface area contributed by atoms with Crippen molar-refractivity contribution >= 4 is 11.0 Å². The minimum Gasteiger partial charge on any atom is -0.326 e. The fourth-order valence-corrected chi connectivity index (χ4v) is 4.90. The first-order valence-corrected chi connectivity index (χ1v) is 11.3. The summed E-state index contributed by atoms with van der Waals surface area (Å²) < 4.78 is 20.7. The van der Waals surface area contributed by atoms with E-state index in [1.165, 1.54) is 6.07 Å². The number of nitrogens with zero attached hydrogens (tertiary/aromatic N) is 4. The number of aryl methyl sites for hydroxylation is 3. The molecule has 0 radical (unpaired) electrons. The van der Waals surface area contributed by atoms with Gasteiger partial charge in [0.25, 0.3) is 0 Å². The molecule has 1 saturated heterocycles. The molecule has 0 bridgehead atoms. The highest BCUT2D eigenvalue weighted by atomic mass is 19.1. The molecular formula is C25H28FN5O. The van der Waals surface area contributed by atoms with Crippen LogP contribution in [0.1, 0.15) is 31.9 Å². The van der Waals surface area contributed by atoms with Crippen molar-refractivity contribution in [3.63, 3.8) is 0 Å². The van der Waals surface area contributed by atoms with Crippen molar-refractivity contribution < 1.29 is 4.39 Å². The molecule has 0 unspecified atom stereocenters. The zero-order chi connectivity index (χ0) is 22.4. The van der Waals surface area contributed by atoms with Gasteiger partial charge in [-0.2, -0.15) is 0 Å². The highest BCUT2D eigenvalue weighted by molar-refractivity contribution is 5.86. The van der Waals surface area contributed by atoms with E-state index in [2.05, 4.69) is 16.0 Å².